The molecule has 0 saturated heterocycles. The van der Waals surface area contributed by atoms with Gasteiger partial charge in [0.25, 0.3) is 0 Å². The van der Waals surface area contributed by atoms with Crippen molar-refractivity contribution in [2.45, 2.75) is 52.0 Å². The topological polar surface area (TPSA) is 26.0 Å². The van der Waals surface area contributed by atoms with Crippen LogP contribution in [0.3, 0.4) is 0 Å². The molecule has 1 nitrogen and oxygen atoms in total. The van der Waals surface area contributed by atoms with Crippen molar-refractivity contribution in [3.05, 3.63) is 35.4 Å². The molecule has 1 heteroatoms. The molecule has 1 aromatic rings. The summed E-state index contributed by atoms with van der Waals surface area (Å²) in [4.78, 5) is 0. The first-order valence-electron chi connectivity index (χ1n) is 6.01. The van der Waals surface area contributed by atoms with Crippen LogP contribution in [-0.4, -0.2) is 6.04 Å². The number of hydrogen-bond donors (Lipinski definition) is 1. The molecule has 0 aromatic heterocycles. The lowest BCUT2D eigenvalue weighted by Crippen LogP contribution is -2.21. The lowest BCUT2D eigenvalue weighted by atomic mass is 9.96. The predicted octanol–water partition coefficient (Wildman–Crippen LogP) is 3.48. The summed E-state index contributed by atoms with van der Waals surface area (Å²) in [6.45, 7) is 6.64. The Hall–Kier alpha value is -0.820. The monoisotopic (exact) mass is 205 g/mol. The van der Waals surface area contributed by atoms with E-state index in [0.29, 0.717) is 12.0 Å². The minimum atomic E-state index is 0.305. The summed E-state index contributed by atoms with van der Waals surface area (Å²) in [5.41, 5.74) is 8.72. The molecule has 0 bridgehead atoms. The van der Waals surface area contributed by atoms with Gasteiger partial charge in [0, 0.05) is 6.04 Å². The standard InChI is InChI=1S/C14H23N/c1-4-11(3)13-8-6-12(7-9-13)10-14(15)5-2/h6-9,11,14H,4-5,10,15H2,1-3H3. The number of hydrogen-bond acceptors (Lipinski definition) is 1. The van der Waals surface area contributed by atoms with Crippen molar-refractivity contribution >= 4 is 0 Å². The van der Waals surface area contributed by atoms with E-state index in [1.165, 1.54) is 17.5 Å². The summed E-state index contributed by atoms with van der Waals surface area (Å²) in [5.74, 6) is 0.666. The molecule has 0 radical (unpaired) electrons. The van der Waals surface area contributed by atoms with E-state index < -0.39 is 0 Å². The Labute approximate surface area is 93.7 Å². The van der Waals surface area contributed by atoms with Gasteiger partial charge in [0.05, 0.1) is 0 Å². The Balaban J connectivity index is 2.64. The van der Waals surface area contributed by atoms with E-state index in [1.54, 1.807) is 0 Å². The average Bonchev–Trinajstić information content (AvgIpc) is 2.29. The highest BCUT2D eigenvalue weighted by molar-refractivity contribution is 5.25. The summed E-state index contributed by atoms with van der Waals surface area (Å²) in [6.07, 6.45) is 3.25. The number of nitrogens with two attached hydrogens (primary N) is 1. The molecule has 1 aromatic carbocycles. The molecule has 0 aliphatic heterocycles. The van der Waals surface area contributed by atoms with Crippen molar-refractivity contribution in [1.82, 2.24) is 0 Å². The maximum absolute atomic E-state index is 5.93. The molecule has 0 saturated carbocycles. The zero-order chi connectivity index (χ0) is 11.3. The van der Waals surface area contributed by atoms with Gasteiger partial charge in [-0.15, -0.1) is 0 Å². The molecule has 2 N–H and O–H groups in total. The van der Waals surface area contributed by atoms with Crippen LogP contribution in [0.25, 0.3) is 0 Å². The second-order valence-electron chi connectivity index (χ2n) is 4.42. The Morgan fingerprint density at radius 3 is 2.13 bits per heavy atom. The van der Waals surface area contributed by atoms with Crippen LogP contribution < -0.4 is 5.73 Å². The predicted molar refractivity (Wildman–Crippen MR) is 67.1 cm³/mol. The van der Waals surface area contributed by atoms with Gasteiger partial charge in [0.15, 0.2) is 0 Å². The third-order valence-corrected chi connectivity index (χ3v) is 3.18. The van der Waals surface area contributed by atoms with Crippen molar-refractivity contribution in [2.24, 2.45) is 5.73 Å². The van der Waals surface area contributed by atoms with E-state index in [1.807, 2.05) is 0 Å². The van der Waals surface area contributed by atoms with Crippen LogP contribution in [0.1, 0.15) is 50.7 Å². The zero-order valence-corrected chi connectivity index (χ0v) is 10.2. The third kappa shape index (κ3) is 3.67. The van der Waals surface area contributed by atoms with E-state index in [4.69, 9.17) is 5.73 Å². The van der Waals surface area contributed by atoms with Crippen LogP contribution in [0.15, 0.2) is 24.3 Å². The van der Waals surface area contributed by atoms with Crippen molar-refractivity contribution in [3.8, 4) is 0 Å². The average molecular weight is 205 g/mol. The Morgan fingerprint density at radius 1 is 1.07 bits per heavy atom. The van der Waals surface area contributed by atoms with E-state index in [0.717, 1.165) is 12.8 Å². The summed E-state index contributed by atoms with van der Waals surface area (Å²) in [7, 11) is 0. The maximum Gasteiger partial charge on any atom is 0.00766 e. The summed E-state index contributed by atoms with van der Waals surface area (Å²) < 4.78 is 0. The van der Waals surface area contributed by atoms with Crippen LogP contribution in [0, 0.1) is 0 Å². The fourth-order valence-electron chi connectivity index (χ4n) is 1.67. The van der Waals surface area contributed by atoms with Gasteiger partial charge < -0.3 is 5.73 Å². The highest BCUT2D eigenvalue weighted by atomic mass is 14.6. The lowest BCUT2D eigenvalue weighted by molar-refractivity contribution is 0.646. The largest absolute Gasteiger partial charge is 0.327 e. The van der Waals surface area contributed by atoms with E-state index in [-0.39, 0.29) is 0 Å². The summed E-state index contributed by atoms with van der Waals surface area (Å²) >= 11 is 0. The van der Waals surface area contributed by atoms with E-state index in [9.17, 15) is 0 Å². The van der Waals surface area contributed by atoms with Gasteiger partial charge in [-0.1, -0.05) is 45.0 Å². The second kappa shape index (κ2) is 5.92. The molecular weight excluding hydrogens is 182 g/mol. The SMILES string of the molecule is CCC(N)Cc1ccc(C(C)CC)cc1. The highest BCUT2D eigenvalue weighted by Crippen LogP contribution is 2.19. The fourth-order valence-corrected chi connectivity index (χ4v) is 1.67. The summed E-state index contributed by atoms with van der Waals surface area (Å²) in [6, 6.07) is 9.23. The second-order valence-corrected chi connectivity index (χ2v) is 4.42. The molecule has 0 fully saturated rings. The van der Waals surface area contributed by atoms with Gasteiger partial charge in [-0.3, -0.25) is 0 Å². The van der Waals surface area contributed by atoms with Gasteiger partial charge in [-0.05, 0) is 36.3 Å². The molecular formula is C14H23N. The molecule has 1 rings (SSSR count). The minimum Gasteiger partial charge on any atom is -0.327 e. The normalized spacial score (nSPS) is 14.9. The first-order chi connectivity index (χ1) is 7.17. The maximum atomic E-state index is 5.93. The van der Waals surface area contributed by atoms with E-state index >= 15 is 0 Å². The van der Waals surface area contributed by atoms with Gasteiger partial charge in [0.2, 0.25) is 0 Å². The van der Waals surface area contributed by atoms with Crippen LogP contribution in [0.2, 0.25) is 0 Å². The van der Waals surface area contributed by atoms with Crippen molar-refractivity contribution in [2.75, 3.05) is 0 Å². The van der Waals surface area contributed by atoms with Gasteiger partial charge >= 0.3 is 0 Å². The van der Waals surface area contributed by atoms with Crippen LogP contribution in [-0.2, 0) is 6.42 Å². The molecule has 2 unspecified atom stereocenters. The first-order valence-corrected chi connectivity index (χ1v) is 6.01. The Bertz CT molecular complexity index is 276. The molecule has 0 heterocycles. The van der Waals surface area contributed by atoms with Crippen LogP contribution >= 0.6 is 0 Å². The van der Waals surface area contributed by atoms with Crippen molar-refractivity contribution in [1.29, 1.82) is 0 Å². The van der Waals surface area contributed by atoms with Crippen LogP contribution in [0.4, 0.5) is 0 Å². The number of rotatable bonds is 5. The van der Waals surface area contributed by atoms with E-state index in [2.05, 4.69) is 45.0 Å². The zero-order valence-electron chi connectivity index (χ0n) is 10.2. The first kappa shape index (κ1) is 12.3. The number of benzene rings is 1. The van der Waals surface area contributed by atoms with Crippen LogP contribution in [0.5, 0.6) is 0 Å². The molecule has 0 aliphatic carbocycles. The third-order valence-electron chi connectivity index (χ3n) is 3.18. The molecule has 0 aliphatic rings. The molecule has 0 spiro atoms. The minimum absolute atomic E-state index is 0.305. The Morgan fingerprint density at radius 2 is 1.67 bits per heavy atom. The van der Waals surface area contributed by atoms with Crippen molar-refractivity contribution in [3.63, 3.8) is 0 Å². The molecule has 0 amide bonds. The molecule has 15 heavy (non-hydrogen) atoms. The van der Waals surface area contributed by atoms with Crippen molar-refractivity contribution < 1.29 is 0 Å². The summed E-state index contributed by atoms with van der Waals surface area (Å²) in [5, 5.41) is 0. The lowest BCUT2D eigenvalue weighted by Gasteiger charge is -2.11. The van der Waals surface area contributed by atoms with Gasteiger partial charge in [0.1, 0.15) is 0 Å². The van der Waals surface area contributed by atoms with Gasteiger partial charge in [-0.2, -0.15) is 0 Å². The van der Waals surface area contributed by atoms with Gasteiger partial charge in [-0.25, -0.2) is 0 Å². The molecule has 2 atom stereocenters. The highest BCUT2D eigenvalue weighted by Gasteiger charge is 2.04. The quantitative estimate of drug-likeness (QED) is 0.782. The smallest absolute Gasteiger partial charge is 0.00766 e. The fraction of sp³-hybridized carbons (Fsp3) is 0.571. The Kier molecular flexibility index (Phi) is 4.83. The molecule has 84 valence electrons.